The molecule has 0 aliphatic heterocycles. The van der Waals surface area contributed by atoms with Crippen LogP contribution in [0.5, 0.6) is 5.75 Å². The van der Waals surface area contributed by atoms with E-state index >= 15 is 0 Å². The van der Waals surface area contributed by atoms with Gasteiger partial charge in [0.1, 0.15) is 5.69 Å². The first kappa shape index (κ1) is 16.2. The summed E-state index contributed by atoms with van der Waals surface area (Å²) in [7, 11) is 1.35. The van der Waals surface area contributed by atoms with Crippen molar-refractivity contribution in [3.8, 4) is 5.75 Å². The summed E-state index contributed by atoms with van der Waals surface area (Å²) in [6.07, 6.45) is 1.64. The molecule has 0 spiro atoms. The van der Waals surface area contributed by atoms with Crippen molar-refractivity contribution in [1.29, 1.82) is 0 Å². The Balaban J connectivity index is 3.26. The van der Waals surface area contributed by atoms with Gasteiger partial charge in [-0.25, -0.2) is 4.99 Å². The van der Waals surface area contributed by atoms with E-state index < -0.39 is 10.3 Å². The van der Waals surface area contributed by atoms with E-state index in [-0.39, 0.29) is 5.41 Å². The summed E-state index contributed by atoms with van der Waals surface area (Å²) in [5, 5.41) is 0. The lowest BCUT2D eigenvalue weighted by atomic mass is 9.87. The highest BCUT2D eigenvalue weighted by Crippen LogP contribution is 2.33. The molecule has 20 heavy (non-hydrogen) atoms. The molecule has 0 heterocycles. The number of nitrogens with zero attached hydrogens (tertiary/aromatic N) is 2. The highest BCUT2D eigenvalue weighted by Gasteiger charge is 2.15. The fourth-order valence-corrected chi connectivity index (χ4v) is 1.64. The van der Waals surface area contributed by atoms with Crippen LogP contribution in [0.25, 0.3) is 0 Å². The zero-order valence-corrected chi connectivity index (χ0v) is 13.2. The standard InChI is InChI=1S/C14H20N2O3S/c1-14(2,3)11-6-7-13(19-10-20(17)18)12(8-11)15-9-16(4)5/h6-10H,1-5H3. The van der Waals surface area contributed by atoms with Crippen molar-refractivity contribution in [2.45, 2.75) is 26.2 Å². The van der Waals surface area contributed by atoms with Crippen LogP contribution in [0.3, 0.4) is 0 Å². The second kappa shape index (κ2) is 6.56. The minimum atomic E-state index is -2.37. The largest absolute Gasteiger partial charge is 0.447 e. The molecule has 6 heteroatoms. The van der Waals surface area contributed by atoms with Crippen molar-refractivity contribution in [1.82, 2.24) is 4.90 Å². The minimum absolute atomic E-state index is 0.0218. The third-order valence-electron chi connectivity index (χ3n) is 2.51. The number of benzene rings is 1. The zero-order chi connectivity index (χ0) is 15.3. The van der Waals surface area contributed by atoms with Gasteiger partial charge < -0.3 is 9.64 Å². The summed E-state index contributed by atoms with van der Waals surface area (Å²) in [4.78, 5) is 6.11. The molecule has 0 unspecified atom stereocenters. The van der Waals surface area contributed by atoms with Gasteiger partial charge in [-0.1, -0.05) is 26.8 Å². The summed E-state index contributed by atoms with van der Waals surface area (Å²) in [5.41, 5.74) is 2.42. The zero-order valence-electron chi connectivity index (χ0n) is 12.4. The molecule has 0 aromatic heterocycles. The number of hydrogen-bond donors (Lipinski definition) is 0. The predicted octanol–water partition coefficient (Wildman–Crippen LogP) is 2.22. The Morgan fingerprint density at radius 2 is 1.90 bits per heavy atom. The molecule has 0 atom stereocenters. The molecule has 0 radical (unpaired) electrons. The minimum Gasteiger partial charge on any atom is -0.447 e. The first-order valence-corrected chi connectivity index (χ1v) is 7.27. The normalized spacial score (nSPS) is 11.4. The molecule has 0 saturated heterocycles. The van der Waals surface area contributed by atoms with Crippen molar-refractivity contribution in [3.05, 3.63) is 23.8 Å². The molecule has 0 bridgehead atoms. The van der Waals surface area contributed by atoms with E-state index in [4.69, 9.17) is 4.74 Å². The third kappa shape index (κ3) is 5.05. The van der Waals surface area contributed by atoms with E-state index in [0.717, 1.165) is 11.1 Å². The van der Waals surface area contributed by atoms with E-state index in [1.165, 1.54) is 0 Å². The number of ether oxygens (including phenoxy) is 1. The van der Waals surface area contributed by atoms with Crippen LogP contribution >= 0.6 is 0 Å². The smallest absolute Gasteiger partial charge is 0.249 e. The van der Waals surface area contributed by atoms with Gasteiger partial charge in [-0.3, -0.25) is 0 Å². The second-order valence-electron chi connectivity index (χ2n) is 5.62. The summed E-state index contributed by atoms with van der Waals surface area (Å²) in [6, 6.07) is 5.54. The van der Waals surface area contributed by atoms with Crippen LogP contribution in [0.1, 0.15) is 26.3 Å². The molecular weight excluding hydrogens is 276 g/mol. The summed E-state index contributed by atoms with van der Waals surface area (Å²) in [6.45, 7) is 6.30. The molecule has 1 aromatic carbocycles. The topological polar surface area (TPSA) is 59.0 Å². The van der Waals surface area contributed by atoms with E-state index in [1.807, 2.05) is 26.2 Å². The van der Waals surface area contributed by atoms with Gasteiger partial charge in [0.15, 0.2) is 5.75 Å². The van der Waals surface area contributed by atoms with Crippen molar-refractivity contribution >= 4 is 27.9 Å². The van der Waals surface area contributed by atoms with Gasteiger partial charge in [-0.05, 0) is 23.1 Å². The maximum Gasteiger partial charge on any atom is 0.249 e. The monoisotopic (exact) mass is 296 g/mol. The third-order valence-corrected chi connectivity index (χ3v) is 2.76. The molecule has 0 fully saturated rings. The number of aliphatic imine (C=N–C) groups is 1. The van der Waals surface area contributed by atoms with Gasteiger partial charge >= 0.3 is 0 Å². The Hall–Kier alpha value is -1.82. The first-order valence-electron chi connectivity index (χ1n) is 6.13. The summed E-state index contributed by atoms with van der Waals surface area (Å²) < 4.78 is 26.2. The van der Waals surface area contributed by atoms with Gasteiger partial charge in [0.25, 0.3) is 0 Å². The maximum absolute atomic E-state index is 10.5. The highest BCUT2D eigenvalue weighted by atomic mass is 32.2. The van der Waals surface area contributed by atoms with Gasteiger partial charge in [-0.2, -0.15) is 8.42 Å². The van der Waals surface area contributed by atoms with Crippen molar-refractivity contribution < 1.29 is 13.2 Å². The lowest BCUT2D eigenvalue weighted by Gasteiger charge is -2.20. The first-order chi connectivity index (χ1) is 9.20. The van der Waals surface area contributed by atoms with Crippen molar-refractivity contribution in [3.63, 3.8) is 0 Å². The quantitative estimate of drug-likeness (QED) is 0.485. The van der Waals surface area contributed by atoms with Crippen LogP contribution in [0, 0.1) is 0 Å². The van der Waals surface area contributed by atoms with E-state index in [1.54, 1.807) is 17.3 Å². The van der Waals surface area contributed by atoms with Gasteiger partial charge in [0, 0.05) is 14.1 Å². The fraction of sp³-hybridized carbons (Fsp3) is 0.429. The molecule has 0 saturated carbocycles. The van der Waals surface area contributed by atoms with Crippen LogP contribution in [-0.2, 0) is 15.7 Å². The highest BCUT2D eigenvalue weighted by molar-refractivity contribution is 7.71. The average molecular weight is 296 g/mol. The van der Waals surface area contributed by atoms with Crippen LogP contribution in [0.2, 0.25) is 0 Å². The second-order valence-corrected chi connectivity index (χ2v) is 6.33. The fourth-order valence-electron chi connectivity index (χ4n) is 1.45. The van der Waals surface area contributed by atoms with Gasteiger partial charge in [-0.15, -0.1) is 0 Å². The van der Waals surface area contributed by atoms with Crippen LogP contribution in [0.4, 0.5) is 5.69 Å². The van der Waals surface area contributed by atoms with Gasteiger partial charge in [0.2, 0.25) is 15.8 Å². The van der Waals surface area contributed by atoms with Crippen LogP contribution in [-0.4, -0.2) is 39.3 Å². The molecule has 0 aliphatic rings. The molecule has 0 aliphatic carbocycles. The van der Waals surface area contributed by atoms with Crippen LogP contribution < -0.4 is 4.74 Å². The predicted molar refractivity (Wildman–Crippen MR) is 82.6 cm³/mol. The Morgan fingerprint density at radius 3 is 2.40 bits per heavy atom. The average Bonchev–Trinajstić information content (AvgIpc) is 2.32. The van der Waals surface area contributed by atoms with E-state index in [9.17, 15) is 8.42 Å². The Morgan fingerprint density at radius 1 is 1.25 bits per heavy atom. The molecule has 5 nitrogen and oxygen atoms in total. The Labute approximate surface area is 121 Å². The molecule has 0 N–H and O–H groups in total. The Kier molecular flexibility index (Phi) is 5.33. The lowest BCUT2D eigenvalue weighted by molar-refractivity contribution is 0.569. The summed E-state index contributed by atoms with van der Waals surface area (Å²) >= 11 is 0. The van der Waals surface area contributed by atoms with Crippen molar-refractivity contribution in [2.24, 2.45) is 4.99 Å². The lowest BCUT2D eigenvalue weighted by Crippen LogP contribution is -2.11. The van der Waals surface area contributed by atoms with Crippen molar-refractivity contribution in [2.75, 3.05) is 14.1 Å². The number of hydrogen-bond acceptors (Lipinski definition) is 4. The molecule has 1 rings (SSSR count). The molecule has 0 amide bonds. The molecular formula is C14H20N2O3S. The van der Waals surface area contributed by atoms with Gasteiger partial charge in [0.05, 0.1) is 6.34 Å². The van der Waals surface area contributed by atoms with E-state index in [2.05, 4.69) is 25.8 Å². The van der Waals surface area contributed by atoms with Crippen LogP contribution in [0.15, 0.2) is 23.2 Å². The number of rotatable bonds is 4. The molecule has 1 aromatic rings. The van der Waals surface area contributed by atoms with E-state index in [0.29, 0.717) is 11.4 Å². The molecule has 110 valence electrons. The maximum atomic E-state index is 10.5. The SMILES string of the molecule is CN(C)C=Nc1cc(C(C)(C)C)ccc1OC=S(=O)=O. The Bertz CT molecular complexity index is 618. The summed E-state index contributed by atoms with van der Waals surface area (Å²) in [5.74, 6) is 0.403.